The second kappa shape index (κ2) is 23.7. The first-order chi connectivity index (χ1) is 32.2. The highest BCUT2D eigenvalue weighted by Crippen LogP contribution is 2.31. The predicted molar refractivity (Wildman–Crippen MR) is 248 cm³/mol. The minimum absolute atomic E-state index is 0.0486. The molecule has 338 valence electrons. The quantitative estimate of drug-likeness (QED) is 0.0501. The number of carboxylic acid groups (broad SMARTS) is 1. The molecule has 3 aliphatic heterocycles. The van der Waals surface area contributed by atoms with Gasteiger partial charge in [0.05, 0.1) is 54.3 Å². The summed E-state index contributed by atoms with van der Waals surface area (Å²) in [4.78, 5) is 66.9. The molecule has 0 bridgehead atoms. The fraction of sp³-hybridized carbons (Fsp3) is 0.280. The smallest absolute Gasteiger partial charge is 0.377 e. The number of ketones is 2. The highest BCUT2D eigenvalue weighted by molar-refractivity contribution is 6.45. The number of fused-ring (bicyclic) bond motifs is 2. The van der Waals surface area contributed by atoms with Crippen molar-refractivity contribution in [3.63, 3.8) is 0 Å². The largest absolute Gasteiger partial charge is 0.496 e. The van der Waals surface area contributed by atoms with Crippen molar-refractivity contribution in [2.24, 2.45) is 0 Å². The van der Waals surface area contributed by atoms with Gasteiger partial charge in [0.2, 0.25) is 0 Å². The van der Waals surface area contributed by atoms with Gasteiger partial charge in [-0.05, 0) is 80.4 Å². The SMILES string of the molecule is C1CCOC1.COc1ccnc2[nH]cc(C(=O)C(=O)O)c12.N#CC(=C1CCNCC1)c1ccccc1.[C-]#[N+]C(=C1CCN(C(=O)C(=O)c2c[nH]c3nccc(OC)c23)CC1)c1ccccc1. The third kappa shape index (κ3) is 11.6. The van der Waals surface area contributed by atoms with Crippen molar-refractivity contribution in [3.05, 3.63) is 142 Å². The summed E-state index contributed by atoms with van der Waals surface area (Å²) < 4.78 is 15.3. The van der Waals surface area contributed by atoms with Gasteiger partial charge in [-0.25, -0.2) is 19.6 Å². The van der Waals surface area contributed by atoms with E-state index in [0.717, 1.165) is 61.4 Å². The summed E-state index contributed by atoms with van der Waals surface area (Å²) in [6, 6.07) is 25.1. The van der Waals surface area contributed by atoms with E-state index in [-0.39, 0.29) is 11.1 Å². The summed E-state index contributed by atoms with van der Waals surface area (Å²) in [7, 11) is 2.95. The van der Waals surface area contributed by atoms with E-state index in [0.29, 0.717) is 65.2 Å². The van der Waals surface area contributed by atoms with Crippen molar-refractivity contribution in [2.45, 2.75) is 38.5 Å². The Morgan fingerprint density at radius 2 is 1.26 bits per heavy atom. The number of nitrogens with zero attached hydrogens (tertiary/aromatic N) is 5. The maximum Gasteiger partial charge on any atom is 0.377 e. The van der Waals surface area contributed by atoms with Crippen molar-refractivity contribution >= 4 is 56.8 Å². The van der Waals surface area contributed by atoms with Crippen LogP contribution >= 0.6 is 0 Å². The van der Waals surface area contributed by atoms with E-state index in [1.54, 1.807) is 23.2 Å². The van der Waals surface area contributed by atoms with Gasteiger partial charge in [-0.15, -0.1) is 0 Å². The zero-order chi connectivity index (χ0) is 46.8. The van der Waals surface area contributed by atoms with Crippen LogP contribution in [-0.2, 0) is 14.3 Å². The van der Waals surface area contributed by atoms with Crippen molar-refractivity contribution < 1.29 is 38.5 Å². The Morgan fingerprint density at radius 3 is 1.71 bits per heavy atom. The van der Waals surface area contributed by atoms with Crippen LogP contribution in [0, 0.1) is 17.9 Å². The molecule has 0 radical (unpaired) electrons. The number of amides is 1. The number of pyridine rings is 2. The molecule has 2 aromatic carbocycles. The van der Waals surface area contributed by atoms with Crippen molar-refractivity contribution in [1.29, 1.82) is 5.26 Å². The highest BCUT2D eigenvalue weighted by atomic mass is 16.5. The molecule has 16 heteroatoms. The Balaban J connectivity index is 0.000000168. The second-order valence-corrected chi connectivity index (χ2v) is 15.1. The van der Waals surface area contributed by atoms with Gasteiger partial charge in [-0.2, -0.15) is 5.26 Å². The number of carbonyl (C=O) groups excluding carboxylic acids is 3. The lowest BCUT2D eigenvalue weighted by atomic mass is 9.95. The molecular weight excluding hydrogens is 841 g/mol. The van der Waals surface area contributed by atoms with Gasteiger partial charge in [-0.1, -0.05) is 66.2 Å². The van der Waals surface area contributed by atoms with Crippen LogP contribution < -0.4 is 14.8 Å². The van der Waals surface area contributed by atoms with Crippen LogP contribution in [-0.4, -0.2) is 107 Å². The Hall–Kier alpha value is -7.92. The predicted octanol–water partition coefficient (Wildman–Crippen LogP) is 7.69. The molecule has 0 unspecified atom stereocenters. The molecule has 1 amide bonds. The lowest BCUT2D eigenvalue weighted by molar-refractivity contribution is -0.131. The number of Topliss-reactive ketones (excluding diaryl/α,β-unsaturated/α-hetero) is 2. The van der Waals surface area contributed by atoms with Crippen LogP contribution in [0.15, 0.2) is 109 Å². The Bertz CT molecular complexity index is 2790. The number of carbonyl (C=O) groups is 4. The maximum atomic E-state index is 12.9. The zero-order valence-corrected chi connectivity index (χ0v) is 36.8. The number of allylic oxidation sites excluding steroid dienone is 1. The first kappa shape index (κ1) is 47.6. The Kier molecular flexibility index (Phi) is 17.1. The normalized spacial score (nSPS) is 14.2. The summed E-state index contributed by atoms with van der Waals surface area (Å²) in [5.41, 5.74) is 6.99. The molecule has 3 saturated heterocycles. The number of hydrogen-bond acceptors (Lipinski definition) is 11. The van der Waals surface area contributed by atoms with Gasteiger partial charge >= 0.3 is 5.97 Å². The zero-order valence-electron chi connectivity index (χ0n) is 36.8. The van der Waals surface area contributed by atoms with Crippen LogP contribution in [0.25, 0.3) is 38.2 Å². The first-order valence-electron chi connectivity index (χ1n) is 21.4. The van der Waals surface area contributed by atoms with Crippen LogP contribution in [0.5, 0.6) is 11.5 Å². The number of rotatable bonds is 8. The van der Waals surface area contributed by atoms with Crippen molar-refractivity contribution in [1.82, 2.24) is 30.2 Å². The number of likely N-dealkylation sites (tertiary alicyclic amines) is 1. The van der Waals surface area contributed by atoms with Crippen molar-refractivity contribution in [2.75, 3.05) is 53.6 Å². The fourth-order valence-electron chi connectivity index (χ4n) is 7.73. The summed E-state index contributed by atoms with van der Waals surface area (Å²) in [6.45, 7) is 12.4. The lowest BCUT2D eigenvalue weighted by Gasteiger charge is -2.28. The Labute approximate surface area is 381 Å². The minimum atomic E-state index is -1.51. The van der Waals surface area contributed by atoms with Gasteiger partial charge in [0.15, 0.2) is 5.70 Å². The molecule has 3 aliphatic rings. The fourth-order valence-corrected chi connectivity index (χ4v) is 7.73. The Morgan fingerprint density at radius 1 is 0.742 bits per heavy atom. The number of benzene rings is 2. The van der Waals surface area contributed by atoms with E-state index >= 15 is 0 Å². The van der Waals surface area contributed by atoms with Gasteiger partial charge in [0, 0.05) is 51.1 Å². The maximum absolute atomic E-state index is 12.9. The summed E-state index contributed by atoms with van der Waals surface area (Å²) >= 11 is 0. The third-order valence-corrected chi connectivity index (χ3v) is 11.1. The number of aromatic nitrogens is 4. The van der Waals surface area contributed by atoms with E-state index in [1.807, 2.05) is 60.7 Å². The van der Waals surface area contributed by atoms with E-state index < -0.39 is 23.4 Å². The number of aromatic amines is 2. The topological polar surface area (TPSA) is 217 Å². The van der Waals surface area contributed by atoms with Crippen LogP contribution in [0.4, 0.5) is 0 Å². The number of nitrogens with one attached hydrogen (secondary N) is 3. The number of aliphatic carboxylic acids is 1. The van der Waals surface area contributed by atoms with Gasteiger partial charge < -0.3 is 39.5 Å². The summed E-state index contributed by atoms with van der Waals surface area (Å²) in [5.74, 6) is -2.73. The van der Waals surface area contributed by atoms with Crippen LogP contribution in [0.1, 0.15) is 70.4 Å². The molecule has 7 heterocycles. The molecule has 4 N–H and O–H groups in total. The number of carboxylic acids is 1. The van der Waals surface area contributed by atoms with E-state index in [2.05, 4.69) is 36.2 Å². The van der Waals surface area contributed by atoms with E-state index in [4.69, 9.17) is 25.9 Å². The highest BCUT2D eigenvalue weighted by Gasteiger charge is 2.30. The monoisotopic (exact) mass is 890 g/mol. The number of ether oxygens (including phenoxy) is 3. The molecule has 0 spiro atoms. The molecule has 16 nitrogen and oxygen atoms in total. The first-order valence-corrected chi connectivity index (χ1v) is 21.4. The lowest BCUT2D eigenvalue weighted by Crippen LogP contribution is -2.40. The number of hydrogen-bond donors (Lipinski definition) is 4. The minimum Gasteiger partial charge on any atom is -0.496 e. The molecule has 66 heavy (non-hydrogen) atoms. The van der Waals surface area contributed by atoms with Gasteiger partial charge in [-0.3, -0.25) is 14.4 Å². The summed E-state index contributed by atoms with van der Waals surface area (Å²) in [6.07, 6.45) is 11.6. The molecule has 9 rings (SSSR count). The summed E-state index contributed by atoms with van der Waals surface area (Å²) in [5, 5.41) is 22.1. The molecule has 0 atom stereocenters. The molecule has 4 aromatic heterocycles. The standard InChI is InChI=1S/C23H20N4O3.C13H14N2.C10H8N2O4.C4H8O/c1-24-20(15-6-4-3-5-7-15)16-9-12-27(13-10-16)23(29)21(28)17-14-26-22-19(17)18(30-2)8-11-25-22;14-10-13(11-4-2-1-3-5-11)12-6-8-15-9-7-12;1-16-6-2-3-11-9-7(6)5(4-12-9)8(13)10(14)15;1-2-4-5-3-1/h3-8,11,14H,9-10,12-13H2,2H3,(H,25,26);1-5,15H,6-9H2;2-4H,1H3,(H,11,12)(H,14,15);1-4H2. The average Bonchev–Trinajstić information content (AvgIpc) is 4.19. The third-order valence-electron chi connectivity index (χ3n) is 11.1. The number of nitriles is 1. The van der Waals surface area contributed by atoms with E-state index in [1.165, 1.54) is 51.2 Å². The molecule has 3 fully saturated rings. The van der Waals surface area contributed by atoms with E-state index in [9.17, 15) is 24.4 Å². The average molecular weight is 891 g/mol. The van der Waals surface area contributed by atoms with Gasteiger partial charge in [0.1, 0.15) is 22.8 Å². The second-order valence-electron chi connectivity index (χ2n) is 15.1. The van der Waals surface area contributed by atoms with Crippen molar-refractivity contribution in [3.8, 4) is 17.6 Å². The van der Waals surface area contributed by atoms with Crippen LogP contribution in [0.3, 0.4) is 0 Å². The molecule has 6 aromatic rings. The molecule has 0 saturated carbocycles. The number of methoxy groups -OCH3 is 2. The van der Waals surface area contributed by atoms with Gasteiger partial charge in [0.25, 0.3) is 17.5 Å². The molecular formula is C50H50N8O8. The number of piperidine rings is 2. The molecule has 0 aliphatic carbocycles. The number of H-pyrrole nitrogens is 2. The van der Waals surface area contributed by atoms with Crippen LogP contribution in [0.2, 0.25) is 0 Å².